The molecule has 0 aliphatic carbocycles. The van der Waals surface area contributed by atoms with Crippen LogP contribution in [0.3, 0.4) is 0 Å². The van der Waals surface area contributed by atoms with E-state index in [2.05, 4.69) is 5.32 Å². The van der Waals surface area contributed by atoms with Gasteiger partial charge in [-0.1, -0.05) is 0 Å². The average Bonchev–Trinajstić information content (AvgIpc) is 2.70. The van der Waals surface area contributed by atoms with E-state index in [1.807, 2.05) is 29.6 Å². The maximum atomic E-state index is 11.9. The fraction of sp³-hybridized carbons (Fsp3) is 0.333. The fourth-order valence-electron chi connectivity index (χ4n) is 1.60. The van der Waals surface area contributed by atoms with Crippen LogP contribution < -0.4 is 5.32 Å². The number of thiophene rings is 1. The molecule has 0 unspecified atom stereocenters. The molecule has 0 saturated heterocycles. The van der Waals surface area contributed by atoms with Crippen LogP contribution in [0.2, 0.25) is 0 Å². The first kappa shape index (κ1) is 12.2. The first-order chi connectivity index (χ1) is 8.04. The van der Waals surface area contributed by atoms with E-state index in [1.54, 1.807) is 11.3 Å². The minimum absolute atomic E-state index is 0.102. The van der Waals surface area contributed by atoms with Gasteiger partial charge in [0.1, 0.15) is 0 Å². The Morgan fingerprint density at radius 1 is 1.18 bits per heavy atom. The van der Waals surface area contributed by atoms with Crippen LogP contribution in [0.4, 0.5) is 18.9 Å². The lowest BCUT2D eigenvalue weighted by Gasteiger charge is -2.08. The lowest BCUT2D eigenvalue weighted by molar-refractivity contribution is -0.134. The SMILES string of the molecule is FC(F)(F)CCCNc1ccc2sccc2c1. The van der Waals surface area contributed by atoms with E-state index < -0.39 is 12.6 Å². The average molecular weight is 259 g/mol. The standard InChI is InChI=1S/C12H12F3NS/c13-12(14,15)5-1-6-16-10-2-3-11-9(8-10)4-7-17-11/h2-4,7-8,16H,1,5-6H2. The second-order valence-corrected chi connectivity index (χ2v) is 4.77. The Morgan fingerprint density at radius 3 is 2.76 bits per heavy atom. The van der Waals surface area contributed by atoms with Crippen molar-refractivity contribution in [3.05, 3.63) is 29.6 Å². The van der Waals surface area contributed by atoms with Crippen molar-refractivity contribution in [3.8, 4) is 0 Å². The molecule has 0 amide bonds. The van der Waals surface area contributed by atoms with Crippen LogP contribution >= 0.6 is 11.3 Å². The van der Waals surface area contributed by atoms with E-state index in [0.717, 1.165) is 11.1 Å². The van der Waals surface area contributed by atoms with Gasteiger partial charge in [-0.3, -0.25) is 0 Å². The zero-order chi connectivity index (χ0) is 12.3. The fourth-order valence-corrected chi connectivity index (χ4v) is 2.37. The molecule has 2 rings (SSSR count). The first-order valence-corrected chi connectivity index (χ1v) is 6.20. The first-order valence-electron chi connectivity index (χ1n) is 5.32. The number of nitrogens with one attached hydrogen (secondary N) is 1. The van der Waals surface area contributed by atoms with Crippen LogP contribution in [0, 0.1) is 0 Å². The summed E-state index contributed by atoms with van der Waals surface area (Å²) in [6.45, 7) is 0.342. The molecule has 0 fully saturated rings. The predicted molar refractivity (Wildman–Crippen MR) is 65.6 cm³/mol. The maximum absolute atomic E-state index is 11.9. The number of benzene rings is 1. The zero-order valence-electron chi connectivity index (χ0n) is 9.05. The van der Waals surface area contributed by atoms with E-state index in [0.29, 0.717) is 6.54 Å². The molecule has 1 nitrogen and oxygen atoms in total. The Kier molecular flexibility index (Phi) is 3.57. The van der Waals surface area contributed by atoms with Crippen molar-refractivity contribution < 1.29 is 13.2 Å². The maximum Gasteiger partial charge on any atom is 0.389 e. The minimum atomic E-state index is -4.06. The highest BCUT2D eigenvalue weighted by Crippen LogP contribution is 2.24. The van der Waals surface area contributed by atoms with Crippen LogP contribution in [0.1, 0.15) is 12.8 Å². The van der Waals surface area contributed by atoms with Crippen LogP contribution in [0.15, 0.2) is 29.6 Å². The number of rotatable bonds is 4. The number of anilines is 1. The Bertz CT molecular complexity index is 490. The van der Waals surface area contributed by atoms with E-state index in [4.69, 9.17) is 0 Å². The van der Waals surface area contributed by atoms with Crippen LogP contribution in [0.25, 0.3) is 10.1 Å². The van der Waals surface area contributed by atoms with E-state index in [9.17, 15) is 13.2 Å². The number of halogens is 3. The van der Waals surface area contributed by atoms with Crippen molar-refractivity contribution in [3.63, 3.8) is 0 Å². The van der Waals surface area contributed by atoms with Gasteiger partial charge in [0.15, 0.2) is 0 Å². The van der Waals surface area contributed by atoms with Crippen LogP contribution in [0.5, 0.6) is 0 Å². The molecule has 0 radical (unpaired) electrons. The van der Waals surface area contributed by atoms with Crippen molar-refractivity contribution in [2.24, 2.45) is 0 Å². The van der Waals surface area contributed by atoms with Gasteiger partial charge in [-0.25, -0.2) is 0 Å². The third kappa shape index (κ3) is 3.63. The molecule has 17 heavy (non-hydrogen) atoms. The molecule has 1 aromatic heterocycles. The largest absolute Gasteiger partial charge is 0.389 e. The number of hydrogen-bond donors (Lipinski definition) is 1. The minimum Gasteiger partial charge on any atom is -0.385 e. The Hall–Kier alpha value is -1.23. The van der Waals surface area contributed by atoms with Crippen molar-refractivity contribution in [2.75, 3.05) is 11.9 Å². The third-order valence-corrected chi connectivity index (χ3v) is 3.32. The number of hydrogen-bond acceptors (Lipinski definition) is 2. The van der Waals surface area contributed by atoms with Gasteiger partial charge in [-0.15, -0.1) is 11.3 Å². The lowest BCUT2D eigenvalue weighted by Crippen LogP contribution is -2.10. The number of fused-ring (bicyclic) bond motifs is 1. The molecular formula is C12H12F3NS. The highest BCUT2D eigenvalue weighted by molar-refractivity contribution is 7.17. The highest BCUT2D eigenvalue weighted by atomic mass is 32.1. The van der Waals surface area contributed by atoms with Gasteiger partial charge in [-0.2, -0.15) is 13.2 Å². The molecule has 1 N–H and O–H groups in total. The summed E-state index contributed by atoms with van der Waals surface area (Å²) < 4.78 is 37.0. The van der Waals surface area contributed by atoms with Crippen molar-refractivity contribution >= 4 is 27.1 Å². The zero-order valence-corrected chi connectivity index (χ0v) is 9.87. The molecule has 0 bridgehead atoms. The van der Waals surface area contributed by atoms with Crippen molar-refractivity contribution in [2.45, 2.75) is 19.0 Å². The van der Waals surface area contributed by atoms with E-state index >= 15 is 0 Å². The molecule has 0 spiro atoms. The monoisotopic (exact) mass is 259 g/mol. The molecule has 0 atom stereocenters. The molecule has 1 heterocycles. The van der Waals surface area contributed by atoms with Gasteiger partial charge in [-0.05, 0) is 41.5 Å². The summed E-state index contributed by atoms with van der Waals surface area (Å²) in [5.74, 6) is 0. The predicted octanol–water partition coefficient (Wildman–Crippen LogP) is 4.66. The topological polar surface area (TPSA) is 12.0 Å². The van der Waals surface area contributed by atoms with Crippen molar-refractivity contribution in [1.82, 2.24) is 0 Å². The van der Waals surface area contributed by atoms with Crippen LogP contribution in [-0.4, -0.2) is 12.7 Å². The lowest BCUT2D eigenvalue weighted by atomic mass is 10.2. The molecule has 0 aliphatic rings. The summed E-state index contributed by atoms with van der Waals surface area (Å²) in [5, 5.41) is 6.12. The summed E-state index contributed by atoms with van der Waals surface area (Å²) >= 11 is 1.65. The summed E-state index contributed by atoms with van der Waals surface area (Å²) in [5.41, 5.74) is 0.873. The van der Waals surface area contributed by atoms with Gasteiger partial charge >= 0.3 is 6.18 Å². The molecule has 1 aromatic carbocycles. The normalized spacial score (nSPS) is 11.9. The summed E-state index contributed by atoms with van der Waals surface area (Å²) in [6, 6.07) is 7.83. The molecule has 92 valence electrons. The summed E-state index contributed by atoms with van der Waals surface area (Å²) in [7, 11) is 0. The molecule has 0 aliphatic heterocycles. The second kappa shape index (κ2) is 4.96. The molecular weight excluding hydrogens is 247 g/mol. The quantitative estimate of drug-likeness (QED) is 0.788. The molecule has 0 saturated carbocycles. The smallest absolute Gasteiger partial charge is 0.385 e. The Morgan fingerprint density at radius 2 is 2.00 bits per heavy atom. The van der Waals surface area contributed by atoms with Gasteiger partial charge < -0.3 is 5.32 Å². The van der Waals surface area contributed by atoms with Crippen molar-refractivity contribution in [1.29, 1.82) is 0 Å². The number of alkyl halides is 3. The Labute approximate surface area is 101 Å². The summed E-state index contributed by atoms with van der Waals surface area (Å²) in [4.78, 5) is 0. The second-order valence-electron chi connectivity index (χ2n) is 3.82. The summed E-state index contributed by atoms with van der Waals surface area (Å²) in [6.07, 6.45) is -4.69. The van der Waals surface area contributed by atoms with Gasteiger partial charge in [0.05, 0.1) is 0 Å². The molecule has 2 aromatic rings. The Balaban J connectivity index is 1.86. The van der Waals surface area contributed by atoms with E-state index in [1.165, 1.54) is 4.70 Å². The highest BCUT2D eigenvalue weighted by Gasteiger charge is 2.25. The molecule has 5 heteroatoms. The van der Waals surface area contributed by atoms with Gasteiger partial charge in [0.2, 0.25) is 0 Å². The van der Waals surface area contributed by atoms with Gasteiger partial charge in [0.25, 0.3) is 0 Å². The van der Waals surface area contributed by atoms with E-state index in [-0.39, 0.29) is 6.42 Å². The van der Waals surface area contributed by atoms with Gasteiger partial charge in [0, 0.05) is 23.4 Å². The van der Waals surface area contributed by atoms with Crippen LogP contribution in [-0.2, 0) is 0 Å². The third-order valence-electron chi connectivity index (χ3n) is 2.42.